The molecule has 4 rings (SSSR count). The number of fused-ring (bicyclic) bond motifs is 1. The predicted molar refractivity (Wildman–Crippen MR) is 113 cm³/mol. The van der Waals surface area contributed by atoms with Crippen LogP contribution in [-0.4, -0.2) is 61.7 Å². The first-order valence-corrected chi connectivity index (χ1v) is 10.1. The standard InChI is InChI=1S/C23H24O9/c1-9-10(2)18(27)17-13(26)7-14(11-3-5-12(25)6-4-11)31-22(17)16(9)23-21(30)20(29)19(28)15(8-24)32-23/h3-7,15,19-21,23-25,27-30H,8H2,1-2H3/t15-,19+,20+,21+,23+/m0/s1. The number of ether oxygens (including phenoxy) is 1. The van der Waals surface area contributed by atoms with Crippen LogP contribution >= 0.6 is 0 Å². The van der Waals surface area contributed by atoms with Gasteiger partial charge in [0, 0.05) is 17.2 Å². The summed E-state index contributed by atoms with van der Waals surface area (Å²) in [5, 5.41) is 60.7. The zero-order valence-electron chi connectivity index (χ0n) is 17.4. The van der Waals surface area contributed by atoms with Crippen LogP contribution in [-0.2, 0) is 4.74 Å². The van der Waals surface area contributed by atoms with E-state index in [2.05, 4.69) is 0 Å². The van der Waals surface area contributed by atoms with E-state index in [0.717, 1.165) is 0 Å². The SMILES string of the molecule is Cc1c(C)c(O)c2c(=O)cc(-c3ccc(O)cc3)oc2c1[C@H]1O[C@@H](CO)[C@@H](O)[C@@H](O)[C@H]1O. The minimum Gasteiger partial charge on any atom is -0.508 e. The van der Waals surface area contributed by atoms with E-state index >= 15 is 0 Å². The minimum absolute atomic E-state index is 0.0306. The molecule has 0 bridgehead atoms. The van der Waals surface area contributed by atoms with Crippen LogP contribution in [0.15, 0.2) is 39.5 Å². The Balaban J connectivity index is 2.01. The quantitative estimate of drug-likeness (QED) is 0.346. The molecule has 6 N–H and O–H groups in total. The van der Waals surface area contributed by atoms with E-state index < -0.39 is 42.6 Å². The third kappa shape index (κ3) is 3.44. The Morgan fingerprint density at radius 1 is 0.938 bits per heavy atom. The molecule has 1 aromatic heterocycles. The maximum absolute atomic E-state index is 13.0. The molecule has 9 heteroatoms. The number of aliphatic hydroxyl groups is 4. The fraction of sp³-hybridized carbons (Fsp3) is 0.348. The van der Waals surface area contributed by atoms with Crippen LogP contribution in [0.5, 0.6) is 11.5 Å². The molecule has 1 saturated heterocycles. The Hall–Kier alpha value is -2.95. The van der Waals surface area contributed by atoms with Crippen LogP contribution in [0.4, 0.5) is 0 Å². The molecule has 0 spiro atoms. The van der Waals surface area contributed by atoms with E-state index in [9.17, 15) is 35.4 Å². The Morgan fingerprint density at radius 3 is 2.22 bits per heavy atom. The summed E-state index contributed by atoms with van der Waals surface area (Å²) in [6.07, 6.45) is -7.18. The number of phenols is 2. The highest BCUT2D eigenvalue weighted by molar-refractivity contribution is 5.90. The van der Waals surface area contributed by atoms with Gasteiger partial charge in [-0.15, -0.1) is 0 Å². The van der Waals surface area contributed by atoms with E-state index in [1.165, 1.54) is 18.2 Å². The molecule has 170 valence electrons. The van der Waals surface area contributed by atoms with Crippen LogP contribution in [0.1, 0.15) is 22.8 Å². The van der Waals surface area contributed by atoms with Crippen molar-refractivity contribution in [1.82, 2.24) is 0 Å². The maximum atomic E-state index is 13.0. The lowest BCUT2D eigenvalue weighted by atomic mass is 9.86. The van der Waals surface area contributed by atoms with E-state index in [4.69, 9.17) is 9.15 Å². The van der Waals surface area contributed by atoms with Crippen LogP contribution in [0, 0.1) is 13.8 Å². The van der Waals surface area contributed by atoms with Crippen molar-refractivity contribution in [3.63, 3.8) is 0 Å². The molecule has 2 heterocycles. The second kappa shape index (κ2) is 8.19. The van der Waals surface area contributed by atoms with Gasteiger partial charge < -0.3 is 39.8 Å². The van der Waals surface area contributed by atoms with E-state index in [1.54, 1.807) is 26.0 Å². The summed E-state index contributed by atoms with van der Waals surface area (Å²) in [6.45, 7) is 2.61. The molecular formula is C23H24O9. The van der Waals surface area contributed by atoms with Crippen molar-refractivity contribution in [2.24, 2.45) is 0 Å². The van der Waals surface area contributed by atoms with Gasteiger partial charge in [0.1, 0.15) is 58.7 Å². The summed E-state index contributed by atoms with van der Waals surface area (Å²) in [5.74, 6) is -0.101. The first kappa shape index (κ1) is 22.3. The van der Waals surface area contributed by atoms with Crippen molar-refractivity contribution < 1.29 is 39.8 Å². The Kier molecular flexibility index (Phi) is 5.70. The summed E-state index contributed by atoms with van der Waals surface area (Å²) >= 11 is 0. The van der Waals surface area contributed by atoms with Crippen LogP contribution in [0.2, 0.25) is 0 Å². The molecule has 0 unspecified atom stereocenters. The molecule has 0 radical (unpaired) electrons. The molecule has 32 heavy (non-hydrogen) atoms. The molecule has 2 aromatic carbocycles. The van der Waals surface area contributed by atoms with Gasteiger partial charge in [-0.1, -0.05) is 0 Å². The zero-order valence-corrected chi connectivity index (χ0v) is 17.4. The molecule has 1 fully saturated rings. The number of aliphatic hydroxyl groups excluding tert-OH is 4. The minimum atomic E-state index is -1.62. The van der Waals surface area contributed by atoms with Crippen LogP contribution in [0.25, 0.3) is 22.3 Å². The second-order valence-corrected chi connectivity index (χ2v) is 7.99. The second-order valence-electron chi connectivity index (χ2n) is 7.99. The first-order chi connectivity index (χ1) is 15.1. The maximum Gasteiger partial charge on any atom is 0.197 e. The molecule has 5 atom stereocenters. The van der Waals surface area contributed by atoms with Gasteiger partial charge >= 0.3 is 0 Å². The Bertz CT molecular complexity index is 1210. The summed E-state index contributed by atoms with van der Waals surface area (Å²) in [7, 11) is 0. The average molecular weight is 444 g/mol. The van der Waals surface area contributed by atoms with Gasteiger partial charge in [-0.05, 0) is 49.2 Å². The van der Waals surface area contributed by atoms with Gasteiger partial charge in [-0.3, -0.25) is 4.79 Å². The molecule has 1 aliphatic heterocycles. The number of hydrogen-bond donors (Lipinski definition) is 6. The zero-order chi connectivity index (χ0) is 23.3. The molecule has 0 aliphatic carbocycles. The van der Waals surface area contributed by atoms with E-state index in [1.807, 2.05) is 0 Å². The topological polar surface area (TPSA) is 161 Å². The summed E-state index contributed by atoms with van der Waals surface area (Å²) in [4.78, 5) is 13.0. The largest absolute Gasteiger partial charge is 0.508 e. The van der Waals surface area contributed by atoms with Crippen molar-refractivity contribution in [1.29, 1.82) is 0 Å². The van der Waals surface area contributed by atoms with E-state index in [0.29, 0.717) is 16.7 Å². The normalized spacial score (nSPS) is 25.9. The Labute approximate surface area is 182 Å². The Morgan fingerprint density at radius 2 is 1.59 bits per heavy atom. The highest BCUT2D eigenvalue weighted by Crippen LogP contribution is 2.42. The number of hydrogen-bond acceptors (Lipinski definition) is 9. The molecular weight excluding hydrogens is 420 g/mol. The van der Waals surface area contributed by atoms with Crippen LogP contribution in [0.3, 0.4) is 0 Å². The van der Waals surface area contributed by atoms with Crippen molar-refractivity contribution >= 4 is 11.0 Å². The fourth-order valence-electron chi connectivity index (χ4n) is 4.10. The van der Waals surface area contributed by atoms with Gasteiger partial charge in [0.2, 0.25) is 0 Å². The average Bonchev–Trinajstić information content (AvgIpc) is 2.77. The lowest BCUT2D eigenvalue weighted by Crippen LogP contribution is -2.55. The summed E-state index contributed by atoms with van der Waals surface area (Å²) < 4.78 is 11.7. The summed E-state index contributed by atoms with van der Waals surface area (Å²) in [6, 6.07) is 7.16. The van der Waals surface area contributed by atoms with Crippen molar-refractivity contribution in [3.05, 3.63) is 57.2 Å². The number of aromatic hydroxyl groups is 2. The lowest BCUT2D eigenvalue weighted by Gasteiger charge is -2.40. The molecule has 1 aliphatic rings. The first-order valence-electron chi connectivity index (χ1n) is 10.1. The summed E-state index contributed by atoms with van der Waals surface area (Å²) in [5.41, 5.74) is 0.912. The lowest BCUT2D eigenvalue weighted by molar-refractivity contribution is -0.231. The van der Waals surface area contributed by atoms with Crippen LogP contribution < -0.4 is 5.43 Å². The third-order valence-electron chi connectivity index (χ3n) is 6.08. The van der Waals surface area contributed by atoms with Gasteiger partial charge in [-0.25, -0.2) is 0 Å². The van der Waals surface area contributed by atoms with Gasteiger partial charge in [0.25, 0.3) is 0 Å². The predicted octanol–water partition coefficient (Wildman–Crippen LogP) is 1.00. The molecule has 0 amide bonds. The highest BCUT2D eigenvalue weighted by atomic mass is 16.5. The molecule has 0 saturated carbocycles. The smallest absolute Gasteiger partial charge is 0.197 e. The third-order valence-corrected chi connectivity index (χ3v) is 6.08. The highest BCUT2D eigenvalue weighted by Gasteiger charge is 2.45. The molecule has 3 aromatic rings. The monoisotopic (exact) mass is 444 g/mol. The number of benzene rings is 2. The number of phenolic OH excluding ortho intramolecular Hbond substituents is 2. The molecule has 9 nitrogen and oxygen atoms in total. The van der Waals surface area contributed by atoms with Crippen molar-refractivity contribution in [2.45, 2.75) is 44.4 Å². The van der Waals surface area contributed by atoms with Gasteiger partial charge in [-0.2, -0.15) is 0 Å². The number of rotatable bonds is 3. The van der Waals surface area contributed by atoms with Crippen molar-refractivity contribution in [2.75, 3.05) is 6.61 Å². The van der Waals surface area contributed by atoms with Gasteiger partial charge in [0.15, 0.2) is 5.43 Å². The van der Waals surface area contributed by atoms with Gasteiger partial charge in [0.05, 0.1) is 6.61 Å². The van der Waals surface area contributed by atoms with Crippen molar-refractivity contribution in [3.8, 4) is 22.8 Å². The van der Waals surface area contributed by atoms with E-state index in [-0.39, 0.29) is 33.8 Å². The fourth-order valence-corrected chi connectivity index (χ4v) is 4.10.